The molecule has 0 aliphatic carbocycles. The molecule has 1 aliphatic rings. The number of nitrogens with one attached hydrogen (secondary N) is 2. The van der Waals surface area contributed by atoms with Crippen LogP contribution in [0.15, 0.2) is 60.7 Å². The van der Waals surface area contributed by atoms with Gasteiger partial charge in [0, 0.05) is 12.0 Å². The predicted octanol–water partition coefficient (Wildman–Crippen LogP) is 2.98. The van der Waals surface area contributed by atoms with E-state index in [-0.39, 0.29) is 12.5 Å². The van der Waals surface area contributed by atoms with Crippen molar-refractivity contribution in [3.63, 3.8) is 0 Å². The van der Waals surface area contributed by atoms with Gasteiger partial charge in [-0.25, -0.2) is 4.79 Å². The van der Waals surface area contributed by atoms with Gasteiger partial charge in [-0.1, -0.05) is 67.6 Å². The molecule has 1 heterocycles. The summed E-state index contributed by atoms with van der Waals surface area (Å²) < 4.78 is 0. The van der Waals surface area contributed by atoms with E-state index in [0.29, 0.717) is 12.0 Å². The summed E-state index contributed by atoms with van der Waals surface area (Å²) in [5, 5.41) is 5.75. The summed E-state index contributed by atoms with van der Waals surface area (Å²) >= 11 is 0. The number of benzene rings is 2. The highest BCUT2D eigenvalue weighted by molar-refractivity contribution is 6.09. The van der Waals surface area contributed by atoms with E-state index in [0.717, 1.165) is 16.9 Å². The quantitative estimate of drug-likeness (QED) is 0.710. The third-order valence-corrected chi connectivity index (χ3v) is 5.42. The van der Waals surface area contributed by atoms with Crippen molar-refractivity contribution in [1.82, 2.24) is 15.5 Å². The Balaban J connectivity index is 1.91. The van der Waals surface area contributed by atoms with E-state index in [2.05, 4.69) is 10.6 Å². The molecule has 152 valence electrons. The summed E-state index contributed by atoms with van der Waals surface area (Å²) in [4.78, 5) is 39.7. The number of carbonyl (C=O) groups is 3. The summed E-state index contributed by atoms with van der Waals surface area (Å²) in [6, 6.07) is 18.2. The van der Waals surface area contributed by atoms with Gasteiger partial charge in [0.2, 0.25) is 5.91 Å². The standard InChI is InChI=1S/C23H27N3O3/c1-4-22(2,3)24-19(27)16-26-20(28)23(25-21(26)29,18-13-9-6-10-14-18)15-17-11-7-5-8-12-17/h5-14H,4,15-16H2,1-3H3,(H,24,27)(H,25,29). The monoisotopic (exact) mass is 393 g/mol. The van der Waals surface area contributed by atoms with Gasteiger partial charge in [-0.3, -0.25) is 14.5 Å². The van der Waals surface area contributed by atoms with E-state index >= 15 is 0 Å². The van der Waals surface area contributed by atoms with E-state index < -0.39 is 23.0 Å². The Morgan fingerprint density at radius 2 is 1.62 bits per heavy atom. The molecule has 2 aromatic carbocycles. The Morgan fingerprint density at radius 3 is 2.21 bits per heavy atom. The molecular weight excluding hydrogens is 366 g/mol. The van der Waals surface area contributed by atoms with Crippen LogP contribution in [0.1, 0.15) is 38.3 Å². The molecule has 0 spiro atoms. The number of imide groups is 1. The first-order chi connectivity index (χ1) is 13.8. The first-order valence-electron chi connectivity index (χ1n) is 9.82. The molecule has 1 aliphatic heterocycles. The van der Waals surface area contributed by atoms with Crippen LogP contribution < -0.4 is 10.6 Å². The van der Waals surface area contributed by atoms with Gasteiger partial charge in [0.05, 0.1) is 0 Å². The smallest absolute Gasteiger partial charge is 0.325 e. The Morgan fingerprint density at radius 1 is 1.03 bits per heavy atom. The molecule has 0 bridgehead atoms. The minimum Gasteiger partial charge on any atom is -0.350 e. The lowest BCUT2D eigenvalue weighted by molar-refractivity contribution is -0.135. The fraction of sp³-hybridized carbons (Fsp3) is 0.348. The van der Waals surface area contributed by atoms with Crippen LogP contribution in [-0.4, -0.2) is 34.8 Å². The number of amides is 4. The van der Waals surface area contributed by atoms with Gasteiger partial charge >= 0.3 is 6.03 Å². The first-order valence-corrected chi connectivity index (χ1v) is 9.82. The van der Waals surface area contributed by atoms with Crippen LogP contribution in [0.25, 0.3) is 0 Å². The van der Waals surface area contributed by atoms with Crippen LogP contribution in [0.4, 0.5) is 4.79 Å². The maximum Gasteiger partial charge on any atom is 0.325 e. The molecule has 0 radical (unpaired) electrons. The summed E-state index contributed by atoms with van der Waals surface area (Å²) in [6.45, 7) is 5.46. The normalized spacial score (nSPS) is 19.2. The van der Waals surface area contributed by atoms with Crippen LogP contribution in [0.2, 0.25) is 0 Å². The molecule has 2 N–H and O–H groups in total. The van der Waals surface area contributed by atoms with Gasteiger partial charge in [0.15, 0.2) is 5.54 Å². The van der Waals surface area contributed by atoms with Crippen molar-refractivity contribution in [1.29, 1.82) is 0 Å². The lowest BCUT2D eigenvalue weighted by Gasteiger charge is -2.28. The van der Waals surface area contributed by atoms with Crippen molar-refractivity contribution < 1.29 is 14.4 Å². The molecule has 6 nitrogen and oxygen atoms in total. The second-order valence-corrected chi connectivity index (χ2v) is 8.04. The van der Waals surface area contributed by atoms with Crippen molar-refractivity contribution in [3.05, 3.63) is 71.8 Å². The number of carbonyl (C=O) groups excluding carboxylic acids is 3. The van der Waals surface area contributed by atoms with E-state index in [1.165, 1.54) is 0 Å². The maximum absolute atomic E-state index is 13.5. The average Bonchev–Trinajstić information content (AvgIpc) is 2.94. The first kappa shape index (κ1) is 20.6. The van der Waals surface area contributed by atoms with Gasteiger partial charge in [0.1, 0.15) is 6.54 Å². The second-order valence-electron chi connectivity index (χ2n) is 8.04. The molecule has 1 saturated heterocycles. The Bertz CT molecular complexity index is 896. The van der Waals surface area contributed by atoms with E-state index in [1.807, 2.05) is 81.4 Å². The second kappa shape index (κ2) is 8.07. The van der Waals surface area contributed by atoms with E-state index in [4.69, 9.17) is 0 Å². The Kier molecular flexibility index (Phi) is 5.73. The average molecular weight is 393 g/mol. The van der Waals surface area contributed by atoms with Crippen molar-refractivity contribution in [2.24, 2.45) is 0 Å². The minimum atomic E-state index is -1.24. The van der Waals surface area contributed by atoms with Crippen LogP contribution >= 0.6 is 0 Å². The molecule has 0 aromatic heterocycles. The van der Waals surface area contributed by atoms with Gasteiger partial charge in [-0.2, -0.15) is 0 Å². The summed E-state index contributed by atoms with van der Waals surface area (Å²) in [5.41, 5.74) is -0.0284. The molecule has 1 atom stereocenters. The zero-order valence-corrected chi connectivity index (χ0v) is 17.1. The lowest BCUT2D eigenvalue weighted by atomic mass is 9.83. The summed E-state index contributed by atoms with van der Waals surface area (Å²) in [6.07, 6.45) is 1.04. The molecule has 0 saturated carbocycles. The van der Waals surface area contributed by atoms with Gasteiger partial charge < -0.3 is 10.6 Å². The minimum absolute atomic E-state index is 0.307. The third kappa shape index (κ3) is 4.31. The molecule has 2 aromatic rings. The molecule has 1 fully saturated rings. The van der Waals surface area contributed by atoms with Crippen molar-refractivity contribution in [2.45, 2.75) is 44.7 Å². The number of hydrogen-bond acceptors (Lipinski definition) is 3. The molecular formula is C23H27N3O3. The summed E-state index contributed by atoms with van der Waals surface area (Å²) in [7, 11) is 0. The van der Waals surface area contributed by atoms with Gasteiger partial charge in [-0.15, -0.1) is 0 Å². The van der Waals surface area contributed by atoms with Crippen molar-refractivity contribution in [3.8, 4) is 0 Å². The predicted molar refractivity (Wildman–Crippen MR) is 111 cm³/mol. The molecule has 4 amide bonds. The zero-order valence-electron chi connectivity index (χ0n) is 17.1. The van der Waals surface area contributed by atoms with Crippen LogP contribution in [0.5, 0.6) is 0 Å². The highest BCUT2D eigenvalue weighted by atomic mass is 16.2. The topological polar surface area (TPSA) is 78.5 Å². The van der Waals surface area contributed by atoms with Gasteiger partial charge in [-0.05, 0) is 31.4 Å². The van der Waals surface area contributed by atoms with Crippen LogP contribution in [0.3, 0.4) is 0 Å². The Labute approximate surface area is 171 Å². The van der Waals surface area contributed by atoms with Crippen molar-refractivity contribution in [2.75, 3.05) is 6.54 Å². The SMILES string of the molecule is CCC(C)(C)NC(=O)CN1C(=O)NC(Cc2ccccc2)(c2ccccc2)C1=O. The fourth-order valence-corrected chi connectivity index (χ4v) is 3.46. The molecule has 3 rings (SSSR count). The van der Waals surface area contributed by atoms with Crippen LogP contribution in [-0.2, 0) is 21.5 Å². The highest BCUT2D eigenvalue weighted by Gasteiger charge is 2.52. The zero-order chi connectivity index (χ0) is 21.1. The molecule has 6 heteroatoms. The third-order valence-electron chi connectivity index (χ3n) is 5.42. The largest absolute Gasteiger partial charge is 0.350 e. The number of nitrogens with zero attached hydrogens (tertiary/aromatic N) is 1. The lowest BCUT2D eigenvalue weighted by Crippen LogP contribution is -2.49. The Hall–Kier alpha value is -3.15. The summed E-state index contributed by atoms with van der Waals surface area (Å²) in [5.74, 6) is -0.772. The fourth-order valence-electron chi connectivity index (χ4n) is 3.46. The van der Waals surface area contributed by atoms with E-state index in [1.54, 1.807) is 0 Å². The number of rotatable bonds is 7. The van der Waals surface area contributed by atoms with E-state index in [9.17, 15) is 14.4 Å². The van der Waals surface area contributed by atoms with Gasteiger partial charge in [0.25, 0.3) is 5.91 Å². The van der Waals surface area contributed by atoms with Crippen LogP contribution in [0, 0.1) is 0 Å². The number of urea groups is 1. The molecule has 1 unspecified atom stereocenters. The number of hydrogen-bond donors (Lipinski definition) is 2. The highest BCUT2D eigenvalue weighted by Crippen LogP contribution is 2.33. The molecule has 29 heavy (non-hydrogen) atoms. The van der Waals surface area contributed by atoms with Crippen molar-refractivity contribution >= 4 is 17.8 Å². The maximum atomic E-state index is 13.5.